The van der Waals surface area contributed by atoms with E-state index in [4.69, 9.17) is 10.7 Å². The Morgan fingerprint density at radius 3 is 2.82 bits per heavy atom. The van der Waals surface area contributed by atoms with E-state index in [1.165, 1.54) is 49.3 Å². The van der Waals surface area contributed by atoms with Crippen molar-refractivity contribution in [3.05, 3.63) is 17.2 Å². The summed E-state index contributed by atoms with van der Waals surface area (Å²) in [5.41, 5.74) is 8.74. The Balaban J connectivity index is 1.80. The van der Waals surface area contributed by atoms with Crippen molar-refractivity contribution in [3.63, 3.8) is 0 Å². The fourth-order valence-corrected chi connectivity index (χ4v) is 3.45. The highest BCUT2D eigenvalue weighted by molar-refractivity contribution is 5.22. The fourth-order valence-electron chi connectivity index (χ4n) is 3.45. The van der Waals surface area contributed by atoms with E-state index in [-0.39, 0.29) is 0 Å². The summed E-state index contributed by atoms with van der Waals surface area (Å²) in [7, 11) is 2.19. The lowest BCUT2D eigenvalue weighted by molar-refractivity contribution is 0.517. The molecule has 2 aliphatic rings. The monoisotopic (exact) mass is 233 g/mol. The third kappa shape index (κ3) is 2.13. The lowest BCUT2D eigenvalue weighted by Gasteiger charge is -2.18. The molecular formula is C14H23N3. The van der Waals surface area contributed by atoms with E-state index in [2.05, 4.69) is 11.6 Å². The Hall–Kier alpha value is -0.830. The third-order valence-electron chi connectivity index (χ3n) is 4.54. The van der Waals surface area contributed by atoms with Gasteiger partial charge >= 0.3 is 0 Å². The molecule has 0 amide bonds. The van der Waals surface area contributed by atoms with Crippen LogP contribution in [0.25, 0.3) is 0 Å². The molecule has 1 heterocycles. The molecule has 1 saturated carbocycles. The molecule has 1 aromatic rings. The average Bonchev–Trinajstić information content (AvgIpc) is 2.89. The minimum atomic E-state index is 0.330. The SMILES string of the molecule is Cn1c(CC2CCCC2)nc2c1CCC(N)C2. The molecule has 0 saturated heterocycles. The second kappa shape index (κ2) is 4.45. The van der Waals surface area contributed by atoms with Crippen molar-refractivity contribution in [2.45, 2.75) is 57.4 Å². The van der Waals surface area contributed by atoms with Crippen LogP contribution in [-0.4, -0.2) is 15.6 Å². The van der Waals surface area contributed by atoms with Crippen LogP contribution < -0.4 is 5.73 Å². The van der Waals surface area contributed by atoms with Crippen molar-refractivity contribution in [1.29, 1.82) is 0 Å². The van der Waals surface area contributed by atoms with Gasteiger partial charge in [-0.05, 0) is 18.8 Å². The van der Waals surface area contributed by atoms with Gasteiger partial charge in [-0.3, -0.25) is 0 Å². The van der Waals surface area contributed by atoms with Gasteiger partial charge in [0.25, 0.3) is 0 Å². The quantitative estimate of drug-likeness (QED) is 0.848. The first-order chi connectivity index (χ1) is 8.24. The van der Waals surface area contributed by atoms with Crippen molar-refractivity contribution in [3.8, 4) is 0 Å². The van der Waals surface area contributed by atoms with Crippen LogP contribution in [0, 0.1) is 5.92 Å². The Morgan fingerprint density at radius 2 is 2.06 bits per heavy atom. The molecule has 0 aliphatic heterocycles. The van der Waals surface area contributed by atoms with Gasteiger partial charge in [0.15, 0.2) is 0 Å². The van der Waals surface area contributed by atoms with Gasteiger partial charge in [-0.15, -0.1) is 0 Å². The molecule has 0 spiro atoms. The van der Waals surface area contributed by atoms with Gasteiger partial charge in [0, 0.05) is 31.6 Å². The van der Waals surface area contributed by atoms with Crippen LogP contribution in [0.15, 0.2) is 0 Å². The first-order valence-corrected chi connectivity index (χ1v) is 7.03. The van der Waals surface area contributed by atoms with Gasteiger partial charge in [0.05, 0.1) is 5.69 Å². The molecule has 2 aliphatic carbocycles. The Kier molecular flexibility index (Phi) is 2.95. The van der Waals surface area contributed by atoms with Crippen molar-refractivity contribution in [2.75, 3.05) is 0 Å². The van der Waals surface area contributed by atoms with Gasteiger partial charge in [-0.2, -0.15) is 0 Å². The molecule has 1 atom stereocenters. The first kappa shape index (κ1) is 11.3. The number of rotatable bonds is 2. The van der Waals surface area contributed by atoms with Crippen LogP contribution in [0.2, 0.25) is 0 Å². The van der Waals surface area contributed by atoms with Gasteiger partial charge in [-0.25, -0.2) is 4.98 Å². The highest BCUT2D eigenvalue weighted by Crippen LogP contribution is 2.29. The molecule has 17 heavy (non-hydrogen) atoms. The Morgan fingerprint density at radius 1 is 1.29 bits per heavy atom. The summed E-state index contributed by atoms with van der Waals surface area (Å²) in [6.45, 7) is 0. The van der Waals surface area contributed by atoms with Crippen molar-refractivity contribution >= 4 is 0 Å². The van der Waals surface area contributed by atoms with Crippen molar-refractivity contribution < 1.29 is 0 Å². The second-order valence-corrected chi connectivity index (χ2v) is 5.84. The molecule has 0 radical (unpaired) electrons. The van der Waals surface area contributed by atoms with Crippen LogP contribution in [0.3, 0.4) is 0 Å². The molecule has 0 aromatic carbocycles. The minimum Gasteiger partial charge on any atom is -0.335 e. The van der Waals surface area contributed by atoms with Crippen LogP contribution >= 0.6 is 0 Å². The number of fused-ring (bicyclic) bond motifs is 1. The van der Waals surface area contributed by atoms with E-state index >= 15 is 0 Å². The summed E-state index contributed by atoms with van der Waals surface area (Å²) in [6.07, 6.45) is 10.0. The third-order valence-corrected chi connectivity index (χ3v) is 4.54. The zero-order valence-electron chi connectivity index (χ0n) is 10.8. The van der Waals surface area contributed by atoms with Crippen molar-refractivity contribution in [2.24, 2.45) is 18.7 Å². The van der Waals surface area contributed by atoms with Crippen molar-refractivity contribution in [1.82, 2.24) is 9.55 Å². The van der Waals surface area contributed by atoms with Crippen LogP contribution in [-0.2, 0) is 26.3 Å². The number of nitrogens with two attached hydrogens (primary N) is 1. The maximum absolute atomic E-state index is 6.02. The number of hydrogen-bond acceptors (Lipinski definition) is 2. The molecule has 3 heteroatoms. The van der Waals surface area contributed by atoms with Crippen LogP contribution in [0.5, 0.6) is 0 Å². The highest BCUT2D eigenvalue weighted by atomic mass is 15.1. The fraction of sp³-hybridized carbons (Fsp3) is 0.786. The summed E-state index contributed by atoms with van der Waals surface area (Å²) >= 11 is 0. The minimum absolute atomic E-state index is 0.330. The van der Waals surface area contributed by atoms with E-state index in [0.29, 0.717) is 6.04 Å². The largest absolute Gasteiger partial charge is 0.335 e. The molecule has 0 bridgehead atoms. The zero-order chi connectivity index (χ0) is 11.8. The van der Waals surface area contributed by atoms with E-state index in [0.717, 1.165) is 25.2 Å². The maximum Gasteiger partial charge on any atom is 0.109 e. The lowest BCUT2D eigenvalue weighted by Crippen LogP contribution is -2.28. The maximum atomic E-state index is 6.02. The van der Waals surface area contributed by atoms with E-state index < -0.39 is 0 Å². The lowest BCUT2D eigenvalue weighted by atomic mass is 9.97. The zero-order valence-corrected chi connectivity index (χ0v) is 10.8. The topological polar surface area (TPSA) is 43.8 Å². The normalized spacial score (nSPS) is 25.2. The van der Waals surface area contributed by atoms with Gasteiger partial charge in [-0.1, -0.05) is 25.7 Å². The van der Waals surface area contributed by atoms with E-state index in [9.17, 15) is 0 Å². The van der Waals surface area contributed by atoms with Crippen LogP contribution in [0.1, 0.15) is 49.3 Å². The van der Waals surface area contributed by atoms with Crippen LogP contribution in [0.4, 0.5) is 0 Å². The van der Waals surface area contributed by atoms with Gasteiger partial charge in [0.2, 0.25) is 0 Å². The smallest absolute Gasteiger partial charge is 0.109 e. The molecular weight excluding hydrogens is 210 g/mol. The van der Waals surface area contributed by atoms with E-state index in [1.807, 2.05) is 0 Å². The molecule has 1 fully saturated rings. The first-order valence-electron chi connectivity index (χ1n) is 7.03. The summed E-state index contributed by atoms with van der Waals surface area (Å²) in [5.74, 6) is 2.18. The Labute approximate surface area is 103 Å². The second-order valence-electron chi connectivity index (χ2n) is 5.84. The summed E-state index contributed by atoms with van der Waals surface area (Å²) in [5, 5.41) is 0. The summed E-state index contributed by atoms with van der Waals surface area (Å²) in [4.78, 5) is 4.85. The molecule has 2 N–H and O–H groups in total. The van der Waals surface area contributed by atoms with E-state index in [1.54, 1.807) is 0 Å². The standard InChI is InChI=1S/C14H23N3/c1-17-13-7-6-11(15)9-12(13)16-14(17)8-10-4-2-3-5-10/h10-11H,2-9,15H2,1H3. The molecule has 1 aromatic heterocycles. The number of nitrogens with zero attached hydrogens (tertiary/aromatic N) is 2. The average molecular weight is 233 g/mol. The summed E-state index contributed by atoms with van der Waals surface area (Å²) in [6, 6.07) is 0.330. The van der Waals surface area contributed by atoms with Gasteiger partial charge in [0.1, 0.15) is 5.82 Å². The summed E-state index contributed by atoms with van der Waals surface area (Å²) < 4.78 is 2.35. The molecule has 1 unspecified atom stereocenters. The number of aromatic nitrogens is 2. The number of hydrogen-bond donors (Lipinski definition) is 1. The Bertz CT molecular complexity index is 402. The molecule has 3 rings (SSSR count). The van der Waals surface area contributed by atoms with Gasteiger partial charge < -0.3 is 10.3 Å². The molecule has 3 nitrogen and oxygen atoms in total. The number of imidazole rings is 1. The highest BCUT2D eigenvalue weighted by Gasteiger charge is 2.24. The predicted molar refractivity (Wildman–Crippen MR) is 68.9 cm³/mol. The molecule has 94 valence electrons. The predicted octanol–water partition coefficient (Wildman–Crippen LogP) is 1.97.